The Kier molecular flexibility index (Phi) is 1.80. The number of rotatable bonds is 0. The predicted octanol–water partition coefficient (Wildman–Crippen LogP) is 2.99. The van der Waals surface area contributed by atoms with Gasteiger partial charge in [-0.25, -0.2) is 4.99 Å². The van der Waals surface area contributed by atoms with Crippen molar-refractivity contribution in [3.63, 3.8) is 0 Å². The quantitative estimate of drug-likeness (QED) is 0.433. The number of para-hydroxylation sites is 1. The number of halogens is 1. The number of hydrogen-bond donors (Lipinski definition) is 0. The maximum atomic E-state index is 5.63. The Morgan fingerprint density at radius 3 is 3.00 bits per heavy atom. The maximum absolute atomic E-state index is 5.63. The minimum Gasteiger partial charge on any atom is -0.249 e. The molecule has 2 rings (SSSR count). The Balaban J connectivity index is 2.63. The number of benzene rings is 1. The Morgan fingerprint density at radius 2 is 2.18 bits per heavy atom. The highest BCUT2D eigenvalue weighted by Gasteiger charge is 2.07. The average Bonchev–Trinajstić information content (AvgIpc) is 2.47. The normalized spacial score (nSPS) is 20.6. The van der Waals surface area contributed by atoms with Crippen molar-refractivity contribution in [2.75, 3.05) is 0 Å². The smallest absolute Gasteiger partial charge is 0.0770 e. The molecule has 0 fully saturated rings. The van der Waals surface area contributed by atoms with Gasteiger partial charge in [0.2, 0.25) is 0 Å². The first-order valence-corrected chi connectivity index (χ1v) is 4.99. The van der Waals surface area contributed by atoms with E-state index in [2.05, 4.69) is 11.1 Å². The van der Waals surface area contributed by atoms with Crippen LogP contribution in [0.15, 0.2) is 34.2 Å². The van der Waals surface area contributed by atoms with E-state index in [4.69, 9.17) is 11.6 Å². The highest BCUT2D eigenvalue weighted by atomic mass is 35.5. The van der Waals surface area contributed by atoms with Gasteiger partial charge in [0.1, 0.15) is 0 Å². The van der Waals surface area contributed by atoms with Crippen molar-refractivity contribution in [1.82, 2.24) is 0 Å². The molecule has 1 aromatic carbocycles. The lowest BCUT2D eigenvalue weighted by Crippen LogP contribution is -1.68. The van der Waals surface area contributed by atoms with Gasteiger partial charge in [0.25, 0.3) is 0 Å². The van der Waals surface area contributed by atoms with Crippen molar-refractivity contribution in [2.24, 2.45) is 4.99 Å². The summed E-state index contributed by atoms with van der Waals surface area (Å²) in [6, 6.07) is 8.05. The Morgan fingerprint density at radius 1 is 1.36 bits per heavy atom. The molecular formula is C8H6ClNS. The van der Waals surface area contributed by atoms with E-state index >= 15 is 0 Å². The molecule has 0 aromatic heterocycles. The molecule has 1 unspecified atom stereocenters. The van der Waals surface area contributed by atoms with Gasteiger partial charge in [-0.2, -0.15) is 0 Å². The molecule has 1 heterocycles. The van der Waals surface area contributed by atoms with E-state index in [-0.39, 0.29) is 10.5 Å². The average molecular weight is 184 g/mol. The molecule has 3 heteroatoms. The molecule has 0 radical (unpaired) electrons. The molecule has 0 saturated heterocycles. The van der Waals surface area contributed by atoms with E-state index in [0.29, 0.717) is 0 Å². The van der Waals surface area contributed by atoms with E-state index in [1.807, 2.05) is 23.7 Å². The fourth-order valence-corrected chi connectivity index (χ4v) is 2.51. The number of nitrogens with zero attached hydrogens (tertiary/aromatic N) is 1. The number of hydrogen-bond acceptors (Lipinski definition) is 1. The van der Waals surface area contributed by atoms with Gasteiger partial charge in [0.05, 0.1) is 11.2 Å². The molecule has 0 amide bonds. The van der Waals surface area contributed by atoms with Crippen molar-refractivity contribution in [3.8, 4) is 0 Å². The highest BCUT2D eigenvalue weighted by Crippen LogP contribution is 2.38. The molecule has 0 N–H and O–H groups in total. The van der Waals surface area contributed by atoms with Crippen LogP contribution in [0.1, 0.15) is 0 Å². The molecule has 1 aliphatic rings. The second kappa shape index (κ2) is 2.80. The van der Waals surface area contributed by atoms with Crippen LogP contribution in [-0.4, -0.2) is 10.4 Å². The van der Waals surface area contributed by atoms with E-state index in [0.717, 1.165) is 5.69 Å². The van der Waals surface area contributed by atoms with Gasteiger partial charge >= 0.3 is 0 Å². The summed E-state index contributed by atoms with van der Waals surface area (Å²) in [5, 5.41) is 0. The predicted molar refractivity (Wildman–Crippen MR) is 52.4 cm³/mol. The summed E-state index contributed by atoms with van der Waals surface area (Å²) in [5.74, 6) is 0. The van der Waals surface area contributed by atoms with Crippen molar-refractivity contribution in [1.29, 1.82) is 0 Å². The molecule has 11 heavy (non-hydrogen) atoms. The summed E-state index contributed by atoms with van der Waals surface area (Å²) < 4.78 is 0. The molecule has 1 nitrogen and oxygen atoms in total. The Bertz CT molecular complexity index is 344. The second-order valence-corrected chi connectivity index (χ2v) is 4.27. The summed E-state index contributed by atoms with van der Waals surface area (Å²) in [6.45, 7) is 0. The minimum atomic E-state index is -0.0604. The molecule has 1 aromatic rings. The van der Waals surface area contributed by atoms with Crippen LogP contribution in [0, 0.1) is 0 Å². The van der Waals surface area contributed by atoms with Crippen molar-refractivity contribution >= 4 is 38.1 Å². The van der Waals surface area contributed by atoms with Crippen molar-refractivity contribution in [2.45, 2.75) is 4.90 Å². The monoisotopic (exact) mass is 183 g/mol. The third kappa shape index (κ3) is 1.12. The third-order valence-corrected chi connectivity index (χ3v) is 3.47. The molecular weight excluding hydrogens is 178 g/mol. The van der Waals surface area contributed by atoms with Crippen molar-refractivity contribution < 1.29 is 0 Å². The first-order chi connectivity index (χ1) is 5.42. The highest BCUT2D eigenvalue weighted by molar-refractivity contribution is 8.27. The van der Waals surface area contributed by atoms with Crippen molar-refractivity contribution in [3.05, 3.63) is 24.3 Å². The zero-order chi connectivity index (χ0) is 7.68. The van der Waals surface area contributed by atoms with Crippen LogP contribution in [0.2, 0.25) is 0 Å². The summed E-state index contributed by atoms with van der Waals surface area (Å²) >= 11 is 5.63. The molecule has 0 aliphatic carbocycles. The van der Waals surface area contributed by atoms with Crippen LogP contribution >= 0.6 is 22.1 Å². The first kappa shape index (κ1) is 7.07. The SMILES string of the molecule is ClC=S1C=Nc2ccccc21. The Hall–Kier alpha value is -0.600. The lowest BCUT2D eigenvalue weighted by molar-refractivity contribution is 1.41. The van der Waals surface area contributed by atoms with E-state index in [1.54, 1.807) is 4.83 Å². The largest absolute Gasteiger partial charge is 0.249 e. The second-order valence-electron chi connectivity index (χ2n) is 2.16. The van der Waals surface area contributed by atoms with Crippen LogP contribution in [0.3, 0.4) is 0 Å². The van der Waals surface area contributed by atoms with Gasteiger partial charge in [-0.3, -0.25) is 0 Å². The lowest BCUT2D eigenvalue weighted by Gasteiger charge is -1.95. The maximum Gasteiger partial charge on any atom is 0.0770 e. The lowest BCUT2D eigenvalue weighted by atomic mass is 10.3. The summed E-state index contributed by atoms with van der Waals surface area (Å²) in [6.07, 6.45) is 0. The van der Waals surface area contributed by atoms with Gasteiger partial charge < -0.3 is 0 Å². The van der Waals surface area contributed by atoms with E-state index in [1.165, 1.54) is 4.90 Å². The zero-order valence-corrected chi connectivity index (χ0v) is 7.27. The fourth-order valence-electron chi connectivity index (χ4n) is 1.00. The standard InChI is InChI=1S/C8H6ClNS/c9-5-11-6-10-7-3-1-2-4-8(7)11/h1-6H. The van der Waals surface area contributed by atoms with Gasteiger partial charge in [-0.15, -0.1) is 0 Å². The number of aliphatic imine (C=N–C) groups is 1. The molecule has 1 aliphatic heterocycles. The van der Waals surface area contributed by atoms with E-state index < -0.39 is 0 Å². The molecule has 56 valence electrons. The van der Waals surface area contributed by atoms with E-state index in [9.17, 15) is 0 Å². The molecule has 1 atom stereocenters. The van der Waals surface area contributed by atoms with Crippen LogP contribution in [0.5, 0.6) is 0 Å². The fraction of sp³-hybridized carbons (Fsp3) is 0. The molecule has 0 spiro atoms. The summed E-state index contributed by atoms with van der Waals surface area (Å²) in [5.41, 5.74) is 2.94. The zero-order valence-electron chi connectivity index (χ0n) is 5.70. The van der Waals surface area contributed by atoms with Crippen LogP contribution in [0.25, 0.3) is 0 Å². The van der Waals surface area contributed by atoms with Gasteiger partial charge in [-0.1, -0.05) is 34.2 Å². The van der Waals surface area contributed by atoms with Crippen LogP contribution < -0.4 is 0 Å². The number of fused-ring (bicyclic) bond motifs is 1. The van der Waals surface area contributed by atoms with Gasteiger partial charge in [0, 0.05) is 9.72 Å². The topological polar surface area (TPSA) is 12.4 Å². The minimum absolute atomic E-state index is 0.0604. The van der Waals surface area contributed by atoms with Crippen LogP contribution in [0.4, 0.5) is 5.69 Å². The first-order valence-electron chi connectivity index (χ1n) is 3.20. The van der Waals surface area contributed by atoms with Gasteiger partial charge in [0.15, 0.2) is 0 Å². The molecule has 0 saturated carbocycles. The van der Waals surface area contributed by atoms with Gasteiger partial charge in [-0.05, 0) is 12.1 Å². The summed E-state index contributed by atoms with van der Waals surface area (Å²) in [7, 11) is -0.0604. The third-order valence-electron chi connectivity index (χ3n) is 1.52. The summed E-state index contributed by atoms with van der Waals surface area (Å²) in [4.78, 5) is 7.11. The Labute approximate surface area is 72.6 Å². The van der Waals surface area contributed by atoms with Crippen LogP contribution in [-0.2, 0) is 0 Å². The molecule has 0 bridgehead atoms.